The molecule has 10 rings (SSSR count). The molecule has 8 aromatic carbocycles. The SMILES string of the molecule is CC1(C)c2ccccc2B2c3ccccc3C(C)(C)c3cc(-c4cccc(-c5cccc(-c6cc(-c7ccccc7)cc(-c7ccccc7)c6)c5)c4)cc1c32. The van der Waals surface area contributed by atoms with Crippen LogP contribution in [0.25, 0.3) is 55.6 Å². The molecule has 0 saturated heterocycles. The average Bonchev–Trinajstić information content (AvgIpc) is 3.24. The highest BCUT2D eigenvalue weighted by Crippen LogP contribution is 2.43. The molecule has 0 amide bonds. The highest BCUT2D eigenvalue weighted by atomic mass is 14.4. The van der Waals surface area contributed by atoms with Crippen molar-refractivity contribution in [1.29, 1.82) is 0 Å². The van der Waals surface area contributed by atoms with E-state index in [1.165, 1.54) is 94.3 Å². The molecule has 0 nitrogen and oxygen atoms in total. The minimum atomic E-state index is -0.131. The lowest BCUT2D eigenvalue weighted by molar-refractivity contribution is 0.622. The Morgan fingerprint density at radius 2 is 0.582 bits per heavy atom. The number of hydrogen-bond donors (Lipinski definition) is 0. The molecule has 0 atom stereocenters. The summed E-state index contributed by atoms with van der Waals surface area (Å²) in [4.78, 5) is 0. The standard InChI is InChI=1S/C54H43B/c1-53(2)46-25-11-13-27-50(46)55-51-28-14-12-26-47(51)54(3,4)49-35-45(34-48(53)52(49)55)41-24-16-22-39(30-41)38-21-15-23-40(29-38)44-32-42(36-17-7-5-8-18-36)31-43(33-44)37-19-9-6-10-20-37/h5-35H,1-4H3. The fourth-order valence-corrected chi connectivity index (χ4v) is 9.72. The number of hydrogen-bond acceptors (Lipinski definition) is 0. The highest BCUT2D eigenvalue weighted by molar-refractivity contribution is 6.97. The Morgan fingerprint density at radius 1 is 0.273 bits per heavy atom. The predicted octanol–water partition coefficient (Wildman–Crippen LogP) is 11.8. The van der Waals surface area contributed by atoms with E-state index >= 15 is 0 Å². The third-order valence-corrected chi connectivity index (χ3v) is 12.6. The molecule has 0 aromatic heterocycles. The second kappa shape index (κ2) is 12.7. The normalized spacial score (nSPS) is 14.4. The smallest absolute Gasteiger partial charge is 0.0667 e. The van der Waals surface area contributed by atoms with Crippen molar-refractivity contribution in [2.24, 2.45) is 0 Å². The molecule has 0 aliphatic carbocycles. The first kappa shape index (κ1) is 33.4. The van der Waals surface area contributed by atoms with Crippen molar-refractivity contribution < 1.29 is 0 Å². The first-order valence-electron chi connectivity index (χ1n) is 19.6. The van der Waals surface area contributed by atoms with E-state index < -0.39 is 0 Å². The second-order valence-electron chi connectivity index (χ2n) is 16.5. The van der Waals surface area contributed by atoms with Gasteiger partial charge in [-0.15, -0.1) is 0 Å². The Bertz CT molecular complexity index is 2610. The fraction of sp³-hybridized carbons (Fsp3) is 0.111. The van der Waals surface area contributed by atoms with Gasteiger partial charge in [0, 0.05) is 10.8 Å². The number of benzene rings is 8. The Hall–Kier alpha value is -6.18. The van der Waals surface area contributed by atoms with E-state index in [-0.39, 0.29) is 17.5 Å². The van der Waals surface area contributed by atoms with E-state index in [1.54, 1.807) is 0 Å². The largest absolute Gasteiger partial charge is 0.242 e. The van der Waals surface area contributed by atoms with Crippen LogP contribution in [0.1, 0.15) is 49.9 Å². The van der Waals surface area contributed by atoms with Crippen molar-refractivity contribution in [3.8, 4) is 55.6 Å². The van der Waals surface area contributed by atoms with Crippen molar-refractivity contribution in [1.82, 2.24) is 0 Å². The van der Waals surface area contributed by atoms with Gasteiger partial charge in [-0.05, 0) is 108 Å². The summed E-state index contributed by atoms with van der Waals surface area (Å²) in [6.45, 7) is 9.93. The Labute approximate surface area is 326 Å². The van der Waals surface area contributed by atoms with E-state index in [4.69, 9.17) is 0 Å². The molecule has 0 radical (unpaired) electrons. The van der Waals surface area contributed by atoms with E-state index in [0.29, 0.717) is 0 Å². The molecule has 0 bridgehead atoms. The van der Waals surface area contributed by atoms with Gasteiger partial charge < -0.3 is 0 Å². The summed E-state index contributed by atoms with van der Waals surface area (Å²) in [5, 5.41) is 0. The van der Waals surface area contributed by atoms with Gasteiger partial charge in [-0.1, -0.05) is 202 Å². The van der Waals surface area contributed by atoms with Crippen LogP contribution in [-0.4, -0.2) is 6.71 Å². The first-order valence-corrected chi connectivity index (χ1v) is 19.6. The molecular formula is C54H43B. The van der Waals surface area contributed by atoms with Gasteiger partial charge in [0.05, 0.1) is 0 Å². The van der Waals surface area contributed by atoms with Gasteiger partial charge in [0.1, 0.15) is 0 Å². The molecule has 262 valence electrons. The van der Waals surface area contributed by atoms with Gasteiger partial charge in [-0.25, -0.2) is 0 Å². The van der Waals surface area contributed by atoms with Crippen LogP contribution in [0.4, 0.5) is 0 Å². The molecule has 0 fully saturated rings. The van der Waals surface area contributed by atoms with Crippen LogP contribution < -0.4 is 16.4 Å². The van der Waals surface area contributed by atoms with Crippen molar-refractivity contribution in [3.63, 3.8) is 0 Å². The maximum absolute atomic E-state index is 2.52. The summed E-state index contributed by atoms with van der Waals surface area (Å²) in [5.41, 5.74) is 22.2. The molecule has 8 aromatic rings. The molecule has 2 aliphatic rings. The van der Waals surface area contributed by atoms with Crippen LogP contribution in [0.3, 0.4) is 0 Å². The molecule has 0 N–H and O–H groups in total. The Kier molecular flexibility index (Phi) is 7.72. The minimum Gasteiger partial charge on any atom is -0.0667 e. The van der Waals surface area contributed by atoms with Gasteiger partial charge in [0.25, 0.3) is 0 Å². The summed E-state index contributed by atoms with van der Waals surface area (Å²) < 4.78 is 0. The lowest BCUT2D eigenvalue weighted by atomic mass is 9.27. The van der Waals surface area contributed by atoms with Crippen LogP contribution >= 0.6 is 0 Å². The van der Waals surface area contributed by atoms with Crippen molar-refractivity contribution >= 4 is 23.1 Å². The van der Waals surface area contributed by atoms with Crippen LogP contribution in [-0.2, 0) is 10.8 Å². The highest BCUT2D eigenvalue weighted by Gasteiger charge is 2.48. The van der Waals surface area contributed by atoms with E-state index in [0.717, 1.165) is 0 Å². The average molecular weight is 703 g/mol. The lowest BCUT2D eigenvalue weighted by Gasteiger charge is -2.47. The van der Waals surface area contributed by atoms with Gasteiger partial charge >= 0.3 is 0 Å². The van der Waals surface area contributed by atoms with Crippen LogP contribution in [0, 0.1) is 0 Å². The van der Waals surface area contributed by atoms with Gasteiger partial charge in [0.15, 0.2) is 0 Å². The van der Waals surface area contributed by atoms with Gasteiger partial charge in [-0.3, -0.25) is 0 Å². The predicted molar refractivity (Wildman–Crippen MR) is 235 cm³/mol. The van der Waals surface area contributed by atoms with E-state index in [2.05, 4.69) is 216 Å². The Balaban J connectivity index is 1.10. The summed E-state index contributed by atoms with van der Waals surface area (Å²) in [6, 6.07) is 70.0. The zero-order valence-electron chi connectivity index (χ0n) is 32.0. The van der Waals surface area contributed by atoms with Crippen LogP contribution in [0.15, 0.2) is 188 Å². The van der Waals surface area contributed by atoms with Crippen molar-refractivity contribution in [2.75, 3.05) is 0 Å². The zero-order chi connectivity index (χ0) is 37.3. The fourth-order valence-electron chi connectivity index (χ4n) is 9.72. The van der Waals surface area contributed by atoms with Crippen LogP contribution in [0.2, 0.25) is 0 Å². The maximum atomic E-state index is 2.52. The summed E-state index contributed by atoms with van der Waals surface area (Å²) in [6.07, 6.45) is 0. The summed E-state index contributed by atoms with van der Waals surface area (Å²) in [5.74, 6) is 0. The molecule has 0 unspecified atom stereocenters. The van der Waals surface area contributed by atoms with E-state index in [9.17, 15) is 0 Å². The molecule has 1 heteroatoms. The van der Waals surface area contributed by atoms with Crippen molar-refractivity contribution in [3.05, 3.63) is 210 Å². The molecular weight excluding hydrogens is 659 g/mol. The molecule has 2 heterocycles. The van der Waals surface area contributed by atoms with Crippen molar-refractivity contribution in [2.45, 2.75) is 38.5 Å². The quantitative estimate of drug-likeness (QED) is 0.157. The zero-order valence-corrected chi connectivity index (χ0v) is 32.0. The number of rotatable bonds is 5. The minimum absolute atomic E-state index is 0.131. The monoisotopic (exact) mass is 702 g/mol. The summed E-state index contributed by atoms with van der Waals surface area (Å²) in [7, 11) is 0. The maximum Gasteiger partial charge on any atom is 0.242 e. The van der Waals surface area contributed by atoms with E-state index in [1.807, 2.05) is 0 Å². The molecule has 2 aliphatic heterocycles. The summed E-state index contributed by atoms with van der Waals surface area (Å²) >= 11 is 0. The van der Waals surface area contributed by atoms with Crippen LogP contribution in [0.5, 0.6) is 0 Å². The number of fused-ring (bicyclic) bond motifs is 4. The Morgan fingerprint density at radius 3 is 1.02 bits per heavy atom. The van der Waals surface area contributed by atoms with Gasteiger partial charge in [0.2, 0.25) is 6.71 Å². The molecule has 0 spiro atoms. The third-order valence-electron chi connectivity index (χ3n) is 12.6. The molecule has 55 heavy (non-hydrogen) atoms. The first-order chi connectivity index (χ1) is 26.8. The third kappa shape index (κ3) is 5.44. The topological polar surface area (TPSA) is 0 Å². The molecule has 0 saturated carbocycles. The second-order valence-corrected chi connectivity index (χ2v) is 16.5. The lowest BCUT2D eigenvalue weighted by Crippen LogP contribution is -2.66. The van der Waals surface area contributed by atoms with Gasteiger partial charge in [-0.2, -0.15) is 0 Å².